The number of carbonyl (C=O) groups is 1. The molecule has 0 bridgehead atoms. The zero-order valence-corrected chi connectivity index (χ0v) is 12.8. The van der Waals surface area contributed by atoms with E-state index in [9.17, 15) is 4.79 Å². The van der Waals surface area contributed by atoms with Crippen molar-refractivity contribution in [2.75, 3.05) is 11.4 Å². The minimum Gasteiger partial charge on any atom is -0.328 e. The van der Waals surface area contributed by atoms with Crippen LogP contribution in [0.25, 0.3) is 0 Å². The molecule has 1 heterocycles. The first kappa shape index (κ1) is 15.5. The molecule has 18 heavy (non-hydrogen) atoms. The molecule has 1 aliphatic heterocycles. The third-order valence-corrected chi connectivity index (χ3v) is 3.55. The molecule has 0 fully saturated rings. The predicted octanol–water partition coefficient (Wildman–Crippen LogP) is 2.89. The van der Waals surface area contributed by atoms with E-state index in [1.165, 1.54) is 5.56 Å². The van der Waals surface area contributed by atoms with E-state index in [1.807, 2.05) is 24.0 Å². The Hall–Kier alpha value is -0.580. The first-order valence-corrected chi connectivity index (χ1v) is 6.71. The Morgan fingerprint density at radius 1 is 1.56 bits per heavy atom. The van der Waals surface area contributed by atoms with Gasteiger partial charge in [-0.3, -0.25) is 4.79 Å². The number of fused-ring (bicyclic) bond motifs is 1. The smallest absolute Gasteiger partial charge is 0.227 e. The molecule has 1 aliphatic rings. The number of hydrogen-bond donors (Lipinski definition) is 1. The van der Waals surface area contributed by atoms with Gasteiger partial charge >= 0.3 is 0 Å². The fraction of sp³-hybridized carbons (Fsp3) is 0.462. The highest BCUT2D eigenvalue weighted by Gasteiger charge is 2.24. The lowest BCUT2D eigenvalue weighted by Gasteiger charge is -2.18. The first-order valence-electron chi connectivity index (χ1n) is 5.92. The van der Waals surface area contributed by atoms with Crippen LogP contribution in [0.4, 0.5) is 5.69 Å². The molecule has 0 saturated carbocycles. The Bertz CT molecular complexity index is 437. The van der Waals surface area contributed by atoms with Gasteiger partial charge in [0, 0.05) is 29.2 Å². The van der Waals surface area contributed by atoms with Gasteiger partial charge in [-0.2, -0.15) is 0 Å². The van der Waals surface area contributed by atoms with Crippen LogP contribution in [0.15, 0.2) is 22.7 Å². The summed E-state index contributed by atoms with van der Waals surface area (Å²) in [6, 6.07) is 6.21. The summed E-state index contributed by atoms with van der Waals surface area (Å²) in [6.45, 7) is 2.73. The fourth-order valence-corrected chi connectivity index (χ4v) is 2.45. The molecule has 1 amide bonds. The molecule has 1 unspecified atom stereocenters. The van der Waals surface area contributed by atoms with E-state index < -0.39 is 0 Å². The molecule has 2 rings (SSSR count). The average Bonchev–Trinajstić information content (AvgIpc) is 2.68. The molecule has 5 heteroatoms. The van der Waals surface area contributed by atoms with Crippen molar-refractivity contribution in [1.82, 2.24) is 0 Å². The second-order valence-corrected chi connectivity index (χ2v) is 5.50. The maximum absolute atomic E-state index is 12.1. The Labute approximate surface area is 122 Å². The molecule has 1 aromatic carbocycles. The second kappa shape index (κ2) is 6.55. The highest BCUT2D eigenvalue weighted by atomic mass is 79.9. The number of halogens is 2. The van der Waals surface area contributed by atoms with Crippen LogP contribution in [-0.4, -0.2) is 18.5 Å². The highest BCUT2D eigenvalue weighted by molar-refractivity contribution is 9.10. The van der Waals surface area contributed by atoms with Crippen LogP contribution in [0.2, 0.25) is 0 Å². The normalized spacial score (nSPS) is 14.9. The lowest BCUT2D eigenvalue weighted by molar-refractivity contribution is -0.118. The van der Waals surface area contributed by atoms with Crippen molar-refractivity contribution in [3.8, 4) is 0 Å². The SMILES string of the molecule is CC(N)CCC(=O)N1CCc2ccc(Br)cc21.Cl. The number of nitrogens with zero attached hydrogens (tertiary/aromatic N) is 1. The number of carbonyl (C=O) groups excluding carboxylic acids is 1. The molecule has 0 spiro atoms. The Morgan fingerprint density at radius 2 is 2.28 bits per heavy atom. The molecular weight excluding hydrogens is 316 g/mol. The van der Waals surface area contributed by atoms with Gasteiger partial charge in [-0.05, 0) is 37.5 Å². The Balaban J connectivity index is 0.00000162. The van der Waals surface area contributed by atoms with Crippen molar-refractivity contribution in [2.45, 2.75) is 32.2 Å². The third kappa shape index (κ3) is 3.46. The summed E-state index contributed by atoms with van der Waals surface area (Å²) in [7, 11) is 0. The molecule has 0 aliphatic carbocycles. The molecule has 0 aromatic heterocycles. The van der Waals surface area contributed by atoms with Crippen molar-refractivity contribution in [2.24, 2.45) is 5.73 Å². The summed E-state index contributed by atoms with van der Waals surface area (Å²) < 4.78 is 1.02. The number of benzene rings is 1. The van der Waals surface area contributed by atoms with Gasteiger partial charge in [0.2, 0.25) is 5.91 Å². The predicted molar refractivity (Wildman–Crippen MR) is 80.3 cm³/mol. The van der Waals surface area contributed by atoms with E-state index in [0.29, 0.717) is 6.42 Å². The number of nitrogens with two attached hydrogens (primary N) is 1. The molecule has 0 saturated heterocycles. The number of hydrogen-bond acceptors (Lipinski definition) is 2. The molecule has 2 N–H and O–H groups in total. The van der Waals surface area contributed by atoms with E-state index >= 15 is 0 Å². The van der Waals surface area contributed by atoms with E-state index in [0.717, 1.165) is 29.5 Å². The maximum atomic E-state index is 12.1. The summed E-state index contributed by atoms with van der Waals surface area (Å²) in [4.78, 5) is 14.0. The van der Waals surface area contributed by atoms with E-state index in [-0.39, 0.29) is 24.4 Å². The average molecular weight is 334 g/mol. The zero-order valence-electron chi connectivity index (χ0n) is 10.4. The van der Waals surface area contributed by atoms with Gasteiger partial charge in [0.15, 0.2) is 0 Å². The van der Waals surface area contributed by atoms with Gasteiger partial charge in [0.1, 0.15) is 0 Å². The fourth-order valence-electron chi connectivity index (χ4n) is 2.10. The summed E-state index contributed by atoms with van der Waals surface area (Å²) in [5.41, 5.74) is 7.98. The summed E-state index contributed by atoms with van der Waals surface area (Å²) in [5.74, 6) is 0.180. The number of anilines is 1. The van der Waals surface area contributed by atoms with E-state index in [2.05, 4.69) is 22.0 Å². The van der Waals surface area contributed by atoms with Crippen LogP contribution in [0.1, 0.15) is 25.3 Å². The Kier molecular flexibility index (Phi) is 5.63. The van der Waals surface area contributed by atoms with E-state index in [4.69, 9.17) is 5.73 Å². The molecule has 1 atom stereocenters. The van der Waals surface area contributed by atoms with Gasteiger partial charge in [0.25, 0.3) is 0 Å². The second-order valence-electron chi connectivity index (χ2n) is 4.58. The topological polar surface area (TPSA) is 46.3 Å². The third-order valence-electron chi connectivity index (χ3n) is 3.06. The first-order chi connectivity index (χ1) is 8.08. The maximum Gasteiger partial charge on any atom is 0.227 e. The largest absolute Gasteiger partial charge is 0.328 e. The monoisotopic (exact) mass is 332 g/mol. The van der Waals surface area contributed by atoms with Gasteiger partial charge in [-0.15, -0.1) is 12.4 Å². The van der Waals surface area contributed by atoms with Crippen molar-refractivity contribution in [3.05, 3.63) is 28.2 Å². The minimum absolute atomic E-state index is 0. The number of amides is 1. The van der Waals surface area contributed by atoms with Crippen LogP contribution in [-0.2, 0) is 11.2 Å². The summed E-state index contributed by atoms with van der Waals surface area (Å²) in [5, 5.41) is 0. The Morgan fingerprint density at radius 3 is 2.94 bits per heavy atom. The van der Waals surface area contributed by atoms with Gasteiger partial charge in [0.05, 0.1) is 0 Å². The molecular formula is C13H18BrClN2O. The molecule has 0 radical (unpaired) electrons. The van der Waals surface area contributed by atoms with Crippen LogP contribution in [0, 0.1) is 0 Å². The van der Waals surface area contributed by atoms with Gasteiger partial charge < -0.3 is 10.6 Å². The van der Waals surface area contributed by atoms with Crippen LogP contribution in [0.3, 0.4) is 0 Å². The van der Waals surface area contributed by atoms with Crippen LogP contribution < -0.4 is 10.6 Å². The van der Waals surface area contributed by atoms with Crippen LogP contribution >= 0.6 is 28.3 Å². The lowest BCUT2D eigenvalue weighted by Crippen LogP contribution is -2.30. The lowest BCUT2D eigenvalue weighted by atomic mass is 10.1. The zero-order chi connectivity index (χ0) is 12.4. The van der Waals surface area contributed by atoms with Crippen molar-refractivity contribution < 1.29 is 4.79 Å². The highest BCUT2D eigenvalue weighted by Crippen LogP contribution is 2.31. The van der Waals surface area contributed by atoms with Gasteiger partial charge in [-0.25, -0.2) is 0 Å². The molecule has 3 nitrogen and oxygen atoms in total. The van der Waals surface area contributed by atoms with Crippen molar-refractivity contribution >= 4 is 39.9 Å². The quantitative estimate of drug-likeness (QED) is 0.924. The molecule has 1 aromatic rings. The minimum atomic E-state index is 0. The molecule has 100 valence electrons. The van der Waals surface area contributed by atoms with Crippen molar-refractivity contribution in [3.63, 3.8) is 0 Å². The standard InChI is InChI=1S/C13H17BrN2O.ClH/c1-9(15)2-5-13(17)16-7-6-10-3-4-11(14)8-12(10)16;/h3-4,8-9H,2,5-7,15H2,1H3;1H. The van der Waals surface area contributed by atoms with Gasteiger partial charge in [-0.1, -0.05) is 22.0 Å². The van der Waals surface area contributed by atoms with Crippen LogP contribution in [0.5, 0.6) is 0 Å². The summed E-state index contributed by atoms with van der Waals surface area (Å²) in [6.07, 6.45) is 2.23. The summed E-state index contributed by atoms with van der Waals surface area (Å²) >= 11 is 3.45. The van der Waals surface area contributed by atoms with E-state index in [1.54, 1.807) is 0 Å². The van der Waals surface area contributed by atoms with Crippen molar-refractivity contribution in [1.29, 1.82) is 0 Å². The number of rotatable bonds is 3.